The van der Waals surface area contributed by atoms with E-state index in [1.807, 2.05) is 12.5 Å². The molecule has 150 valence electrons. The van der Waals surface area contributed by atoms with Gasteiger partial charge in [-0.15, -0.1) is 0 Å². The molecule has 0 bridgehead atoms. The van der Waals surface area contributed by atoms with Crippen molar-refractivity contribution in [2.45, 2.75) is 44.8 Å². The minimum absolute atomic E-state index is 0.166. The summed E-state index contributed by atoms with van der Waals surface area (Å²) in [4.78, 5) is 15.2. The molecule has 1 aliphatic rings. The molecule has 29 heavy (non-hydrogen) atoms. The molecule has 1 aliphatic carbocycles. The normalized spacial score (nSPS) is 19.2. The van der Waals surface area contributed by atoms with Crippen LogP contribution in [0.2, 0.25) is 0 Å². The van der Waals surface area contributed by atoms with Crippen LogP contribution in [0.25, 0.3) is 11.1 Å². The summed E-state index contributed by atoms with van der Waals surface area (Å²) in [7, 11) is 0. The van der Waals surface area contributed by atoms with E-state index < -0.39 is 5.97 Å². The van der Waals surface area contributed by atoms with Crippen molar-refractivity contribution in [2.24, 2.45) is 5.92 Å². The van der Waals surface area contributed by atoms with Gasteiger partial charge in [-0.05, 0) is 47.9 Å². The third-order valence-electron chi connectivity index (χ3n) is 5.86. The number of hydrogen-bond donors (Lipinski definition) is 2. The number of aliphatic carboxylic acids is 1. The zero-order chi connectivity index (χ0) is 20.1. The molecule has 2 N–H and O–H groups in total. The average molecular weight is 389 g/mol. The number of carboxylic acid groups (broad SMARTS) is 1. The van der Waals surface area contributed by atoms with Gasteiger partial charge in [-0.25, -0.2) is 4.98 Å². The molecular weight excluding hydrogens is 362 g/mol. The SMILES string of the molecule is O=C(O)C1CCC(NCc2ccccc2-c2ccc(Cn3ccnc3)cc2)CC1. The predicted molar refractivity (Wildman–Crippen MR) is 113 cm³/mol. The number of carboxylic acids is 1. The highest BCUT2D eigenvalue weighted by molar-refractivity contribution is 5.70. The number of benzene rings is 2. The molecule has 0 aliphatic heterocycles. The Labute approximate surface area is 171 Å². The summed E-state index contributed by atoms with van der Waals surface area (Å²) in [6, 6.07) is 17.6. The van der Waals surface area contributed by atoms with Crippen LogP contribution in [0, 0.1) is 5.92 Å². The minimum Gasteiger partial charge on any atom is -0.481 e. The summed E-state index contributed by atoms with van der Waals surface area (Å²) in [6.45, 7) is 1.62. The van der Waals surface area contributed by atoms with Crippen molar-refractivity contribution in [2.75, 3.05) is 0 Å². The topological polar surface area (TPSA) is 67.2 Å². The van der Waals surface area contributed by atoms with E-state index in [1.165, 1.54) is 22.3 Å². The van der Waals surface area contributed by atoms with Crippen molar-refractivity contribution in [3.63, 3.8) is 0 Å². The smallest absolute Gasteiger partial charge is 0.306 e. The van der Waals surface area contributed by atoms with Gasteiger partial charge in [0.1, 0.15) is 0 Å². The van der Waals surface area contributed by atoms with Crippen molar-refractivity contribution in [1.29, 1.82) is 0 Å². The maximum absolute atomic E-state index is 11.1. The summed E-state index contributed by atoms with van der Waals surface area (Å²) in [5.41, 5.74) is 4.98. The van der Waals surface area contributed by atoms with Crippen LogP contribution in [0.15, 0.2) is 67.3 Å². The van der Waals surface area contributed by atoms with Gasteiger partial charge in [0, 0.05) is 31.5 Å². The van der Waals surface area contributed by atoms with E-state index in [0.717, 1.165) is 38.8 Å². The lowest BCUT2D eigenvalue weighted by molar-refractivity contribution is -0.142. The molecule has 4 rings (SSSR count). The summed E-state index contributed by atoms with van der Waals surface area (Å²) >= 11 is 0. The number of aromatic nitrogens is 2. The summed E-state index contributed by atoms with van der Waals surface area (Å²) < 4.78 is 2.06. The summed E-state index contributed by atoms with van der Waals surface area (Å²) in [5.74, 6) is -0.813. The lowest BCUT2D eigenvalue weighted by atomic mass is 9.86. The van der Waals surface area contributed by atoms with E-state index in [0.29, 0.717) is 6.04 Å². The first kappa shape index (κ1) is 19.4. The lowest BCUT2D eigenvalue weighted by Crippen LogP contribution is -2.34. The van der Waals surface area contributed by atoms with E-state index in [1.54, 1.807) is 6.20 Å². The highest BCUT2D eigenvalue weighted by Gasteiger charge is 2.25. The van der Waals surface area contributed by atoms with E-state index in [-0.39, 0.29) is 5.92 Å². The van der Waals surface area contributed by atoms with Gasteiger partial charge >= 0.3 is 5.97 Å². The second-order valence-corrected chi connectivity index (χ2v) is 7.86. The van der Waals surface area contributed by atoms with Gasteiger partial charge in [0.05, 0.1) is 12.2 Å². The largest absolute Gasteiger partial charge is 0.481 e. The number of nitrogens with one attached hydrogen (secondary N) is 1. The first-order valence-corrected chi connectivity index (χ1v) is 10.3. The van der Waals surface area contributed by atoms with Gasteiger partial charge in [-0.3, -0.25) is 4.79 Å². The lowest BCUT2D eigenvalue weighted by Gasteiger charge is -2.27. The van der Waals surface area contributed by atoms with Crippen LogP contribution in [-0.4, -0.2) is 26.7 Å². The molecule has 5 nitrogen and oxygen atoms in total. The zero-order valence-corrected chi connectivity index (χ0v) is 16.5. The third-order valence-corrected chi connectivity index (χ3v) is 5.86. The van der Waals surface area contributed by atoms with E-state index in [9.17, 15) is 4.79 Å². The van der Waals surface area contributed by atoms with Crippen molar-refractivity contribution in [1.82, 2.24) is 14.9 Å². The third kappa shape index (κ3) is 4.93. The highest BCUT2D eigenvalue weighted by atomic mass is 16.4. The van der Waals surface area contributed by atoms with Crippen molar-refractivity contribution in [3.05, 3.63) is 78.4 Å². The Morgan fingerprint density at radius 3 is 2.52 bits per heavy atom. The molecule has 5 heteroatoms. The monoisotopic (exact) mass is 389 g/mol. The second-order valence-electron chi connectivity index (χ2n) is 7.86. The predicted octanol–water partition coefficient (Wildman–Crippen LogP) is 4.33. The highest BCUT2D eigenvalue weighted by Crippen LogP contribution is 2.27. The van der Waals surface area contributed by atoms with Crippen molar-refractivity contribution < 1.29 is 9.90 Å². The molecule has 1 fully saturated rings. The van der Waals surface area contributed by atoms with Crippen LogP contribution < -0.4 is 5.32 Å². The van der Waals surface area contributed by atoms with Gasteiger partial charge < -0.3 is 15.0 Å². The van der Waals surface area contributed by atoms with Crippen LogP contribution in [0.5, 0.6) is 0 Å². The fraction of sp³-hybridized carbons (Fsp3) is 0.333. The molecule has 3 aromatic rings. The summed E-state index contributed by atoms with van der Waals surface area (Å²) in [6.07, 6.45) is 9.01. The maximum Gasteiger partial charge on any atom is 0.306 e. The Bertz CT molecular complexity index is 927. The van der Waals surface area contributed by atoms with Gasteiger partial charge in [0.2, 0.25) is 0 Å². The Morgan fingerprint density at radius 2 is 1.83 bits per heavy atom. The number of hydrogen-bond acceptors (Lipinski definition) is 3. The molecule has 0 unspecified atom stereocenters. The number of nitrogens with zero attached hydrogens (tertiary/aromatic N) is 2. The van der Waals surface area contributed by atoms with Crippen molar-refractivity contribution >= 4 is 5.97 Å². The quantitative estimate of drug-likeness (QED) is 0.631. The van der Waals surface area contributed by atoms with Gasteiger partial charge in [-0.1, -0.05) is 48.5 Å². The Kier molecular flexibility index (Phi) is 6.06. The Hall–Kier alpha value is -2.92. The molecule has 0 radical (unpaired) electrons. The number of imidazole rings is 1. The maximum atomic E-state index is 11.1. The van der Waals surface area contributed by atoms with E-state index >= 15 is 0 Å². The molecular formula is C24H27N3O2. The molecule has 0 amide bonds. The molecule has 1 aromatic heterocycles. The zero-order valence-electron chi connectivity index (χ0n) is 16.5. The molecule has 0 saturated heterocycles. The fourth-order valence-electron chi connectivity index (χ4n) is 4.14. The summed E-state index contributed by atoms with van der Waals surface area (Å²) in [5, 5.41) is 12.8. The van der Waals surface area contributed by atoms with E-state index in [2.05, 4.69) is 63.4 Å². The Balaban J connectivity index is 1.40. The van der Waals surface area contributed by atoms with Crippen LogP contribution in [0.3, 0.4) is 0 Å². The fourth-order valence-corrected chi connectivity index (χ4v) is 4.14. The number of carbonyl (C=O) groups is 1. The van der Waals surface area contributed by atoms with Gasteiger partial charge in [0.25, 0.3) is 0 Å². The molecule has 1 saturated carbocycles. The molecule has 2 aromatic carbocycles. The van der Waals surface area contributed by atoms with E-state index in [4.69, 9.17) is 5.11 Å². The molecule has 0 atom stereocenters. The van der Waals surface area contributed by atoms with Crippen molar-refractivity contribution in [3.8, 4) is 11.1 Å². The number of rotatable bonds is 7. The van der Waals surface area contributed by atoms with Crippen LogP contribution in [-0.2, 0) is 17.9 Å². The minimum atomic E-state index is -0.648. The van der Waals surface area contributed by atoms with Crippen LogP contribution >= 0.6 is 0 Å². The first-order chi connectivity index (χ1) is 14.2. The Morgan fingerprint density at radius 1 is 1.07 bits per heavy atom. The standard InChI is InChI=1S/C24H27N3O2/c28-24(29)20-9-11-22(12-10-20)26-15-21-3-1-2-4-23(21)19-7-5-18(6-8-19)16-27-14-13-25-17-27/h1-8,13-14,17,20,22,26H,9-12,15-16H2,(H,28,29). The second kappa shape index (κ2) is 9.05. The first-order valence-electron chi connectivity index (χ1n) is 10.3. The van der Waals surface area contributed by atoms with Gasteiger partial charge in [0.15, 0.2) is 0 Å². The molecule has 0 spiro atoms. The van der Waals surface area contributed by atoms with Gasteiger partial charge in [-0.2, -0.15) is 0 Å². The molecule has 1 heterocycles. The van der Waals surface area contributed by atoms with Crippen LogP contribution in [0.1, 0.15) is 36.8 Å². The average Bonchev–Trinajstić information content (AvgIpc) is 3.26. The van der Waals surface area contributed by atoms with Crippen LogP contribution in [0.4, 0.5) is 0 Å².